The van der Waals surface area contributed by atoms with Crippen molar-refractivity contribution >= 4 is 27.8 Å². The molecule has 2 aromatic heterocycles. The summed E-state index contributed by atoms with van der Waals surface area (Å²) in [4.78, 5) is 21.9. The number of aromatic amines is 1. The quantitative estimate of drug-likeness (QED) is 0.570. The normalized spacial score (nSPS) is 11.4. The Hall–Kier alpha value is -3.12. The van der Waals surface area contributed by atoms with Gasteiger partial charge in [-0.2, -0.15) is 0 Å². The van der Waals surface area contributed by atoms with Crippen LogP contribution in [0.1, 0.15) is 17.0 Å². The molecule has 0 atom stereocenters. The standard InChI is InChI=1S/C21H22N4O2/c1-13-8-9-17-15(10-13)19-20(27-17)21(26)24-18(23-19)12-22-11-14-6-4-5-7-16(14)25(2)3/h4-10,22H,11-12H2,1-3H3,(H,23,24,26). The molecule has 4 rings (SSSR count). The summed E-state index contributed by atoms with van der Waals surface area (Å²) in [6.07, 6.45) is 0. The van der Waals surface area contributed by atoms with Gasteiger partial charge in [0.2, 0.25) is 5.58 Å². The van der Waals surface area contributed by atoms with E-state index in [9.17, 15) is 4.79 Å². The molecule has 0 saturated heterocycles. The van der Waals surface area contributed by atoms with Crippen LogP contribution in [-0.4, -0.2) is 24.1 Å². The first-order valence-electron chi connectivity index (χ1n) is 8.91. The topological polar surface area (TPSA) is 74.2 Å². The Balaban J connectivity index is 1.60. The van der Waals surface area contributed by atoms with Crippen molar-refractivity contribution in [3.8, 4) is 0 Å². The molecule has 0 aliphatic heterocycles. The van der Waals surface area contributed by atoms with Gasteiger partial charge in [0.05, 0.1) is 6.54 Å². The predicted molar refractivity (Wildman–Crippen MR) is 108 cm³/mol. The summed E-state index contributed by atoms with van der Waals surface area (Å²) in [5.74, 6) is 0.596. The summed E-state index contributed by atoms with van der Waals surface area (Å²) in [5.41, 5.74) is 4.78. The van der Waals surface area contributed by atoms with Crippen LogP contribution in [0, 0.1) is 6.92 Å². The highest BCUT2D eigenvalue weighted by atomic mass is 16.3. The fourth-order valence-corrected chi connectivity index (χ4v) is 3.31. The number of H-pyrrole nitrogens is 1. The number of aryl methyl sites for hydroxylation is 1. The van der Waals surface area contributed by atoms with Crippen molar-refractivity contribution in [1.29, 1.82) is 0 Å². The molecule has 0 saturated carbocycles. The maximum Gasteiger partial charge on any atom is 0.294 e. The summed E-state index contributed by atoms with van der Waals surface area (Å²) in [7, 11) is 4.05. The number of hydrogen-bond acceptors (Lipinski definition) is 5. The van der Waals surface area contributed by atoms with Gasteiger partial charge in [0.15, 0.2) is 0 Å². The Morgan fingerprint density at radius 2 is 1.96 bits per heavy atom. The molecule has 4 aromatic rings. The highest BCUT2D eigenvalue weighted by Gasteiger charge is 2.13. The van der Waals surface area contributed by atoms with E-state index in [0.29, 0.717) is 30.0 Å². The van der Waals surface area contributed by atoms with Gasteiger partial charge in [-0.05, 0) is 30.7 Å². The molecule has 0 spiro atoms. The van der Waals surface area contributed by atoms with Gasteiger partial charge >= 0.3 is 0 Å². The van der Waals surface area contributed by atoms with Crippen LogP contribution in [0.2, 0.25) is 0 Å². The van der Waals surface area contributed by atoms with Crippen LogP contribution in [0.4, 0.5) is 5.69 Å². The molecule has 0 unspecified atom stereocenters. The molecule has 0 fully saturated rings. The maximum absolute atomic E-state index is 12.4. The lowest BCUT2D eigenvalue weighted by Crippen LogP contribution is -2.20. The Bertz CT molecular complexity index is 1170. The molecule has 2 heterocycles. The zero-order valence-electron chi connectivity index (χ0n) is 15.7. The molecular formula is C21H22N4O2. The van der Waals surface area contributed by atoms with Crippen molar-refractivity contribution < 1.29 is 4.42 Å². The number of anilines is 1. The van der Waals surface area contributed by atoms with Crippen LogP contribution < -0.4 is 15.8 Å². The van der Waals surface area contributed by atoms with Gasteiger partial charge in [-0.15, -0.1) is 0 Å². The van der Waals surface area contributed by atoms with Crippen molar-refractivity contribution in [1.82, 2.24) is 15.3 Å². The summed E-state index contributed by atoms with van der Waals surface area (Å²) < 4.78 is 5.68. The lowest BCUT2D eigenvalue weighted by atomic mass is 10.1. The Morgan fingerprint density at radius 1 is 1.15 bits per heavy atom. The Morgan fingerprint density at radius 3 is 2.78 bits per heavy atom. The highest BCUT2D eigenvalue weighted by Crippen LogP contribution is 2.25. The molecule has 0 amide bonds. The van der Waals surface area contributed by atoms with Crippen molar-refractivity contribution in [3.05, 3.63) is 69.8 Å². The monoisotopic (exact) mass is 362 g/mol. The second-order valence-electron chi connectivity index (χ2n) is 6.92. The van der Waals surface area contributed by atoms with E-state index in [1.165, 1.54) is 11.3 Å². The number of rotatable bonds is 5. The van der Waals surface area contributed by atoms with Crippen LogP contribution >= 0.6 is 0 Å². The minimum Gasteiger partial charge on any atom is -0.449 e. The van der Waals surface area contributed by atoms with Crippen molar-refractivity contribution in [2.75, 3.05) is 19.0 Å². The van der Waals surface area contributed by atoms with E-state index >= 15 is 0 Å². The lowest BCUT2D eigenvalue weighted by molar-refractivity contribution is 0.644. The lowest BCUT2D eigenvalue weighted by Gasteiger charge is -2.17. The van der Waals surface area contributed by atoms with Crippen molar-refractivity contribution in [3.63, 3.8) is 0 Å². The molecule has 6 heteroatoms. The summed E-state index contributed by atoms with van der Waals surface area (Å²) >= 11 is 0. The number of para-hydroxylation sites is 1. The third kappa shape index (κ3) is 3.31. The van der Waals surface area contributed by atoms with Crippen molar-refractivity contribution in [2.24, 2.45) is 0 Å². The molecule has 2 aromatic carbocycles. The molecule has 0 bridgehead atoms. The largest absolute Gasteiger partial charge is 0.449 e. The average molecular weight is 362 g/mol. The van der Waals surface area contributed by atoms with Gasteiger partial charge in [-0.1, -0.05) is 29.8 Å². The number of fused-ring (bicyclic) bond motifs is 3. The average Bonchev–Trinajstić information content (AvgIpc) is 3.01. The smallest absolute Gasteiger partial charge is 0.294 e. The first kappa shape index (κ1) is 17.3. The second-order valence-corrected chi connectivity index (χ2v) is 6.92. The fourth-order valence-electron chi connectivity index (χ4n) is 3.31. The fraction of sp³-hybridized carbons (Fsp3) is 0.238. The molecule has 0 radical (unpaired) electrons. The Labute approximate surface area is 156 Å². The number of hydrogen-bond donors (Lipinski definition) is 2. The molecular weight excluding hydrogens is 340 g/mol. The first-order valence-corrected chi connectivity index (χ1v) is 8.91. The van der Waals surface area contributed by atoms with E-state index in [2.05, 4.69) is 32.3 Å². The first-order chi connectivity index (χ1) is 13.0. The molecule has 6 nitrogen and oxygen atoms in total. The van der Waals surface area contributed by atoms with E-state index in [1.807, 2.05) is 51.4 Å². The van der Waals surface area contributed by atoms with Gasteiger partial charge in [-0.25, -0.2) is 4.98 Å². The number of nitrogens with zero attached hydrogens (tertiary/aromatic N) is 2. The molecule has 0 aliphatic carbocycles. The van der Waals surface area contributed by atoms with Gasteiger partial charge < -0.3 is 19.6 Å². The van der Waals surface area contributed by atoms with Crippen LogP contribution in [0.15, 0.2) is 51.7 Å². The third-order valence-electron chi connectivity index (χ3n) is 4.61. The number of furan rings is 1. The minimum absolute atomic E-state index is 0.251. The summed E-state index contributed by atoms with van der Waals surface area (Å²) in [6, 6.07) is 14.1. The van der Waals surface area contributed by atoms with Crippen LogP contribution in [0.5, 0.6) is 0 Å². The van der Waals surface area contributed by atoms with Crippen LogP contribution in [0.25, 0.3) is 22.1 Å². The predicted octanol–water partition coefficient (Wildman–Crippen LogP) is 3.33. The van der Waals surface area contributed by atoms with E-state index in [1.54, 1.807) is 0 Å². The summed E-state index contributed by atoms with van der Waals surface area (Å²) in [5, 5.41) is 4.24. The van der Waals surface area contributed by atoms with Crippen LogP contribution in [0.3, 0.4) is 0 Å². The van der Waals surface area contributed by atoms with E-state index in [-0.39, 0.29) is 11.1 Å². The van der Waals surface area contributed by atoms with Crippen molar-refractivity contribution in [2.45, 2.75) is 20.0 Å². The minimum atomic E-state index is -0.251. The Kier molecular flexibility index (Phi) is 4.41. The molecule has 2 N–H and O–H groups in total. The SMILES string of the molecule is Cc1ccc2oc3c(=O)[nH]c(CNCc4ccccc4N(C)C)nc3c2c1. The number of aromatic nitrogens is 2. The van der Waals surface area contributed by atoms with E-state index < -0.39 is 0 Å². The number of benzene rings is 2. The zero-order chi connectivity index (χ0) is 19.0. The number of nitrogens with one attached hydrogen (secondary N) is 2. The zero-order valence-corrected chi connectivity index (χ0v) is 15.7. The second kappa shape index (κ2) is 6.89. The van der Waals surface area contributed by atoms with E-state index in [0.717, 1.165) is 10.9 Å². The van der Waals surface area contributed by atoms with E-state index in [4.69, 9.17) is 4.42 Å². The highest BCUT2D eigenvalue weighted by molar-refractivity contribution is 6.02. The molecule has 27 heavy (non-hydrogen) atoms. The van der Waals surface area contributed by atoms with Gasteiger partial charge in [-0.3, -0.25) is 4.79 Å². The van der Waals surface area contributed by atoms with Gasteiger partial charge in [0, 0.05) is 31.7 Å². The molecule has 0 aliphatic rings. The third-order valence-corrected chi connectivity index (χ3v) is 4.61. The molecule has 138 valence electrons. The van der Waals surface area contributed by atoms with Crippen LogP contribution in [-0.2, 0) is 13.1 Å². The van der Waals surface area contributed by atoms with Gasteiger partial charge in [0.1, 0.15) is 16.9 Å². The maximum atomic E-state index is 12.4. The van der Waals surface area contributed by atoms with Gasteiger partial charge in [0.25, 0.3) is 5.56 Å². The summed E-state index contributed by atoms with van der Waals surface area (Å²) in [6.45, 7) is 3.16.